The Hall–Kier alpha value is -0.800. The van der Waals surface area contributed by atoms with Gasteiger partial charge >= 0.3 is 0 Å². The normalized spacial score (nSPS) is 12.2. The van der Waals surface area contributed by atoms with Gasteiger partial charge in [0, 0.05) is 9.30 Å². The highest BCUT2D eigenvalue weighted by molar-refractivity contribution is 9.11. The molecule has 1 unspecified atom stereocenters. The Morgan fingerprint density at radius 1 is 1.16 bits per heavy atom. The third kappa shape index (κ3) is 3.83. The number of halogens is 2. The Balaban J connectivity index is 2.20. The number of ether oxygens (including phenoxy) is 1. The molecule has 0 amide bonds. The first-order chi connectivity index (χ1) is 9.10. The molecule has 3 heteroatoms. The lowest BCUT2D eigenvalue weighted by molar-refractivity contribution is 0.414. The van der Waals surface area contributed by atoms with Gasteiger partial charge in [-0.25, -0.2) is 0 Å². The lowest BCUT2D eigenvalue weighted by atomic mass is 10.0. The largest absolute Gasteiger partial charge is 0.497 e. The van der Waals surface area contributed by atoms with E-state index < -0.39 is 0 Å². The van der Waals surface area contributed by atoms with Crippen molar-refractivity contribution in [3.05, 3.63) is 63.6 Å². The molecule has 0 saturated heterocycles. The SMILES string of the molecule is COc1cccc(CC(Br)c2cc(C)ccc2Br)c1. The van der Waals surface area contributed by atoms with Crippen LogP contribution in [0.1, 0.15) is 21.5 Å². The van der Waals surface area contributed by atoms with E-state index in [-0.39, 0.29) is 4.83 Å². The first-order valence-corrected chi connectivity index (χ1v) is 7.84. The second-order valence-corrected chi connectivity index (χ2v) is 6.51. The summed E-state index contributed by atoms with van der Waals surface area (Å²) >= 11 is 7.40. The molecular formula is C16H16Br2O. The Labute approximate surface area is 131 Å². The van der Waals surface area contributed by atoms with E-state index in [0.717, 1.165) is 16.6 Å². The summed E-state index contributed by atoms with van der Waals surface area (Å²) in [6, 6.07) is 14.6. The smallest absolute Gasteiger partial charge is 0.119 e. The van der Waals surface area contributed by atoms with Crippen molar-refractivity contribution in [3.63, 3.8) is 0 Å². The van der Waals surface area contributed by atoms with E-state index in [1.54, 1.807) is 7.11 Å². The minimum atomic E-state index is 0.286. The van der Waals surface area contributed by atoms with Gasteiger partial charge in [0.2, 0.25) is 0 Å². The summed E-state index contributed by atoms with van der Waals surface area (Å²) in [6.45, 7) is 2.11. The number of hydrogen-bond acceptors (Lipinski definition) is 1. The number of alkyl halides is 1. The van der Waals surface area contributed by atoms with Crippen molar-refractivity contribution < 1.29 is 4.74 Å². The monoisotopic (exact) mass is 382 g/mol. The quantitative estimate of drug-likeness (QED) is 0.638. The summed E-state index contributed by atoms with van der Waals surface area (Å²) in [5.41, 5.74) is 3.81. The Morgan fingerprint density at radius 3 is 2.68 bits per heavy atom. The molecule has 1 atom stereocenters. The minimum absolute atomic E-state index is 0.286. The molecule has 0 aliphatic carbocycles. The van der Waals surface area contributed by atoms with Crippen LogP contribution in [0.3, 0.4) is 0 Å². The van der Waals surface area contributed by atoms with Crippen LogP contribution in [-0.4, -0.2) is 7.11 Å². The van der Waals surface area contributed by atoms with Crippen molar-refractivity contribution in [2.24, 2.45) is 0 Å². The molecule has 0 aliphatic rings. The van der Waals surface area contributed by atoms with Gasteiger partial charge in [-0.3, -0.25) is 0 Å². The van der Waals surface area contributed by atoms with Gasteiger partial charge in [0.1, 0.15) is 5.75 Å². The summed E-state index contributed by atoms with van der Waals surface area (Å²) in [6.07, 6.45) is 0.930. The van der Waals surface area contributed by atoms with E-state index in [1.807, 2.05) is 12.1 Å². The second-order valence-electron chi connectivity index (χ2n) is 4.55. The van der Waals surface area contributed by atoms with E-state index >= 15 is 0 Å². The molecule has 0 bridgehead atoms. The van der Waals surface area contributed by atoms with E-state index in [9.17, 15) is 0 Å². The fourth-order valence-electron chi connectivity index (χ4n) is 2.02. The van der Waals surface area contributed by atoms with Gasteiger partial charge in [-0.15, -0.1) is 0 Å². The van der Waals surface area contributed by atoms with Crippen molar-refractivity contribution in [1.82, 2.24) is 0 Å². The zero-order valence-electron chi connectivity index (χ0n) is 11.0. The summed E-state index contributed by atoms with van der Waals surface area (Å²) < 4.78 is 6.40. The summed E-state index contributed by atoms with van der Waals surface area (Å²) in [7, 11) is 1.70. The maximum Gasteiger partial charge on any atom is 0.119 e. The van der Waals surface area contributed by atoms with Crippen LogP contribution in [0, 0.1) is 6.92 Å². The summed E-state index contributed by atoms with van der Waals surface area (Å²) in [5.74, 6) is 0.903. The molecule has 0 aliphatic heterocycles. The summed E-state index contributed by atoms with van der Waals surface area (Å²) in [4.78, 5) is 0.286. The van der Waals surface area contributed by atoms with Gasteiger partial charge in [-0.2, -0.15) is 0 Å². The first-order valence-electron chi connectivity index (χ1n) is 6.13. The fourth-order valence-corrected chi connectivity index (χ4v) is 3.60. The van der Waals surface area contributed by atoms with Gasteiger partial charge < -0.3 is 4.74 Å². The maximum absolute atomic E-state index is 5.26. The van der Waals surface area contributed by atoms with Crippen LogP contribution in [-0.2, 0) is 6.42 Å². The molecule has 100 valence electrons. The fraction of sp³-hybridized carbons (Fsp3) is 0.250. The van der Waals surface area contributed by atoms with Crippen LogP contribution in [0.4, 0.5) is 0 Å². The molecule has 0 saturated carbocycles. The molecule has 0 heterocycles. The highest BCUT2D eigenvalue weighted by Gasteiger charge is 2.12. The molecule has 0 fully saturated rings. The van der Waals surface area contributed by atoms with Crippen molar-refractivity contribution in [3.8, 4) is 5.75 Å². The predicted molar refractivity (Wildman–Crippen MR) is 87.2 cm³/mol. The zero-order valence-corrected chi connectivity index (χ0v) is 14.2. The average molecular weight is 384 g/mol. The molecular weight excluding hydrogens is 368 g/mol. The molecule has 2 aromatic carbocycles. The van der Waals surface area contributed by atoms with Gasteiger partial charge in [0.15, 0.2) is 0 Å². The topological polar surface area (TPSA) is 9.23 Å². The summed E-state index contributed by atoms with van der Waals surface area (Å²) in [5, 5.41) is 0. The molecule has 19 heavy (non-hydrogen) atoms. The standard InChI is InChI=1S/C16H16Br2O/c1-11-6-7-15(17)14(8-11)16(18)10-12-4-3-5-13(9-12)19-2/h3-9,16H,10H2,1-2H3. The van der Waals surface area contributed by atoms with Gasteiger partial charge in [0.25, 0.3) is 0 Å². The third-order valence-electron chi connectivity index (χ3n) is 3.04. The maximum atomic E-state index is 5.26. The molecule has 0 N–H and O–H groups in total. The molecule has 2 aromatic rings. The van der Waals surface area contributed by atoms with E-state index in [1.165, 1.54) is 16.7 Å². The average Bonchev–Trinajstić information content (AvgIpc) is 2.41. The van der Waals surface area contributed by atoms with Crippen LogP contribution < -0.4 is 4.74 Å². The Bertz CT molecular complexity index is 566. The predicted octanol–water partition coefficient (Wildman–Crippen LogP) is 5.44. The van der Waals surface area contributed by atoms with Crippen LogP contribution in [0.5, 0.6) is 5.75 Å². The number of rotatable bonds is 4. The van der Waals surface area contributed by atoms with Crippen molar-refractivity contribution in [2.45, 2.75) is 18.2 Å². The minimum Gasteiger partial charge on any atom is -0.497 e. The molecule has 1 nitrogen and oxygen atoms in total. The molecule has 0 aromatic heterocycles. The van der Waals surface area contributed by atoms with Crippen molar-refractivity contribution in [2.75, 3.05) is 7.11 Å². The van der Waals surface area contributed by atoms with Gasteiger partial charge in [0.05, 0.1) is 7.11 Å². The lowest BCUT2D eigenvalue weighted by Gasteiger charge is -2.14. The van der Waals surface area contributed by atoms with Gasteiger partial charge in [-0.1, -0.05) is 61.7 Å². The Kier molecular flexibility index (Phi) is 5.06. The van der Waals surface area contributed by atoms with Crippen LogP contribution in [0.25, 0.3) is 0 Å². The highest BCUT2D eigenvalue weighted by atomic mass is 79.9. The zero-order chi connectivity index (χ0) is 13.8. The van der Waals surface area contributed by atoms with Crippen molar-refractivity contribution >= 4 is 31.9 Å². The van der Waals surface area contributed by atoms with E-state index in [2.05, 4.69) is 69.1 Å². The van der Waals surface area contributed by atoms with Crippen LogP contribution in [0.2, 0.25) is 0 Å². The first kappa shape index (κ1) is 14.6. The second kappa shape index (κ2) is 6.58. The number of hydrogen-bond donors (Lipinski definition) is 0. The van der Waals surface area contributed by atoms with Crippen LogP contribution in [0.15, 0.2) is 46.9 Å². The number of methoxy groups -OCH3 is 1. The number of benzene rings is 2. The van der Waals surface area contributed by atoms with Crippen LogP contribution >= 0.6 is 31.9 Å². The molecule has 0 radical (unpaired) electrons. The third-order valence-corrected chi connectivity index (χ3v) is 4.58. The van der Waals surface area contributed by atoms with E-state index in [0.29, 0.717) is 0 Å². The molecule has 2 rings (SSSR count). The lowest BCUT2D eigenvalue weighted by Crippen LogP contribution is -1.97. The highest BCUT2D eigenvalue weighted by Crippen LogP contribution is 2.33. The van der Waals surface area contributed by atoms with E-state index in [4.69, 9.17) is 4.74 Å². The number of aryl methyl sites for hydroxylation is 1. The van der Waals surface area contributed by atoms with Gasteiger partial charge in [-0.05, 0) is 42.7 Å². The van der Waals surface area contributed by atoms with Crippen molar-refractivity contribution in [1.29, 1.82) is 0 Å². The molecule has 0 spiro atoms. The Morgan fingerprint density at radius 2 is 1.95 bits per heavy atom.